The van der Waals surface area contributed by atoms with E-state index >= 15 is 0 Å². The molecular formula is C18H26N2S. The van der Waals surface area contributed by atoms with Crippen LogP contribution in [0.5, 0.6) is 0 Å². The van der Waals surface area contributed by atoms with Gasteiger partial charge in [-0.3, -0.25) is 4.90 Å². The van der Waals surface area contributed by atoms with Gasteiger partial charge in [0.15, 0.2) is 0 Å². The molecule has 0 aromatic carbocycles. The minimum absolute atomic E-state index is 0.231. The van der Waals surface area contributed by atoms with Crippen molar-refractivity contribution in [1.29, 1.82) is 5.26 Å². The molecule has 1 aliphatic carbocycles. The minimum Gasteiger partial charge on any atom is -0.293 e. The number of aryl methyl sites for hydroxylation is 1. The number of nitrogens with zero attached hydrogens (tertiary/aromatic N) is 2. The van der Waals surface area contributed by atoms with Crippen molar-refractivity contribution in [3.05, 3.63) is 20.9 Å². The molecule has 0 N–H and O–H groups in total. The second kappa shape index (κ2) is 5.74. The van der Waals surface area contributed by atoms with E-state index in [0.717, 1.165) is 24.4 Å². The van der Waals surface area contributed by atoms with Gasteiger partial charge in [-0.1, -0.05) is 19.3 Å². The second-order valence-corrected chi connectivity index (χ2v) is 8.73. The topological polar surface area (TPSA) is 27.0 Å². The summed E-state index contributed by atoms with van der Waals surface area (Å²) >= 11 is 1.84. The summed E-state index contributed by atoms with van der Waals surface area (Å²) < 4.78 is 0. The van der Waals surface area contributed by atoms with Crippen LogP contribution >= 0.6 is 11.3 Å². The lowest BCUT2D eigenvalue weighted by Gasteiger charge is -2.44. The van der Waals surface area contributed by atoms with Crippen molar-refractivity contribution in [2.75, 3.05) is 6.54 Å². The van der Waals surface area contributed by atoms with Crippen molar-refractivity contribution in [1.82, 2.24) is 4.90 Å². The summed E-state index contributed by atoms with van der Waals surface area (Å²) in [5.74, 6) is 0.866. The largest absolute Gasteiger partial charge is 0.293 e. The smallest absolute Gasteiger partial charge is 0.101 e. The van der Waals surface area contributed by atoms with E-state index in [9.17, 15) is 5.26 Å². The fourth-order valence-electron chi connectivity index (χ4n) is 4.01. The van der Waals surface area contributed by atoms with Crippen molar-refractivity contribution in [3.8, 4) is 6.07 Å². The average molecular weight is 302 g/mol. The number of hydrogen-bond acceptors (Lipinski definition) is 3. The maximum absolute atomic E-state index is 9.44. The molecule has 2 aliphatic rings. The Morgan fingerprint density at radius 1 is 1.29 bits per heavy atom. The Morgan fingerprint density at radius 3 is 2.67 bits per heavy atom. The lowest BCUT2D eigenvalue weighted by atomic mass is 9.84. The summed E-state index contributed by atoms with van der Waals surface area (Å²) in [5, 5.41) is 9.44. The number of rotatable bonds is 2. The highest BCUT2D eigenvalue weighted by atomic mass is 32.1. The summed E-state index contributed by atoms with van der Waals surface area (Å²) in [5.41, 5.74) is 2.52. The third-order valence-corrected chi connectivity index (χ3v) is 6.53. The molecule has 3 heteroatoms. The summed E-state index contributed by atoms with van der Waals surface area (Å²) in [6.45, 7) is 9.04. The van der Waals surface area contributed by atoms with Crippen molar-refractivity contribution >= 4 is 11.3 Å². The molecule has 1 aromatic heterocycles. The maximum Gasteiger partial charge on any atom is 0.101 e. The lowest BCUT2D eigenvalue weighted by molar-refractivity contribution is 0.0706. The van der Waals surface area contributed by atoms with Gasteiger partial charge < -0.3 is 0 Å². The van der Waals surface area contributed by atoms with E-state index in [-0.39, 0.29) is 5.54 Å². The van der Waals surface area contributed by atoms with Crippen molar-refractivity contribution in [2.45, 2.75) is 71.4 Å². The van der Waals surface area contributed by atoms with Gasteiger partial charge in [-0.05, 0) is 45.1 Å². The van der Waals surface area contributed by atoms with E-state index in [2.05, 4.69) is 31.7 Å². The zero-order valence-electron chi connectivity index (χ0n) is 13.5. The molecule has 2 nitrogen and oxygen atoms in total. The first kappa shape index (κ1) is 15.1. The van der Waals surface area contributed by atoms with Crippen LogP contribution in [-0.4, -0.2) is 17.0 Å². The fraction of sp³-hybridized carbons (Fsp3) is 0.722. The normalized spacial score (nSPS) is 22.8. The highest BCUT2D eigenvalue weighted by molar-refractivity contribution is 7.12. The monoisotopic (exact) mass is 302 g/mol. The first-order chi connectivity index (χ1) is 10.0. The van der Waals surface area contributed by atoms with Crippen molar-refractivity contribution in [2.24, 2.45) is 5.92 Å². The summed E-state index contributed by atoms with van der Waals surface area (Å²) in [4.78, 5) is 5.31. The predicted octanol–water partition coefficient (Wildman–Crippen LogP) is 4.65. The molecule has 1 saturated carbocycles. The molecule has 114 valence electrons. The molecule has 0 saturated heterocycles. The third kappa shape index (κ3) is 2.89. The molecule has 0 radical (unpaired) electrons. The van der Waals surface area contributed by atoms with Crippen LogP contribution in [0.25, 0.3) is 0 Å². The maximum atomic E-state index is 9.44. The van der Waals surface area contributed by atoms with Gasteiger partial charge in [0.1, 0.15) is 6.07 Å². The minimum atomic E-state index is 0.231. The Labute approximate surface area is 132 Å². The van der Waals surface area contributed by atoms with E-state index < -0.39 is 0 Å². The van der Waals surface area contributed by atoms with Crippen LogP contribution in [0.15, 0.2) is 0 Å². The number of fused-ring (bicyclic) bond motifs is 1. The molecule has 0 spiro atoms. The third-order valence-electron chi connectivity index (χ3n) is 5.38. The molecule has 3 rings (SSSR count). The van der Waals surface area contributed by atoms with Gasteiger partial charge in [-0.2, -0.15) is 5.26 Å². The molecule has 0 amide bonds. The van der Waals surface area contributed by atoms with Gasteiger partial charge in [-0.15, -0.1) is 11.3 Å². The van der Waals surface area contributed by atoms with Crippen LogP contribution in [0.3, 0.4) is 0 Å². The van der Waals surface area contributed by atoms with Crippen LogP contribution in [0.2, 0.25) is 0 Å². The summed E-state index contributed by atoms with van der Waals surface area (Å²) in [6, 6.07) is 2.44. The SMILES string of the molecule is Cc1sc2c(c1C#N)CN(CC1CCCCC1)C(C)(C)C2. The number of nitriles is 1. The van der Waals surface area contributed by atoms with Crippen LogP contribution in [0.4, 0.5) is 0 Å². The molecule has 0 bridgehead atoms. The van der Waals surface area contributed by atoms with Crippen LogP contribution in [0.1, 0.15) is 66.8 Å². The number of hydrogen-bond donors (Lipinski definition) is 0. The van der Waals surface area contributed by atoms with Crippen LogP contribution in [0, 0.1) is 24.2 Å². The molecule has 1 aliphatic heterocycles. The highest BCUT2D eigenvalue weighted by Gasteiger charge is 2.36. The summed E-state index contributed by atoms with van der Waals surface area (Å²) in [6.07, 6.45) is 8.13. The molecular weight excluding hydrogens is 276 g/mol. The summed E-state index contributed by atoms with van der Waals surface area (Å²) in [7, 11) is 0. The zero-order chi connectivity index (χ0) is 15.0. The van der Waals surface area contributed by atoms with Gasteiger partial charge >= 0.3 is 0 Å². The average Bonchev–Trinajstić information content (AvgIpc) is 2.74. The lowest BCUT2D eigenvalue weighted by Crippen LogP contribution is -2.50. The molecule has 0 atom stereocenters. The Hall–Kier alpha value is -0.850. The van der Waals surface area contributed by atoms with E-state index in [1.807, 2.05) is 11.3 Å². The van der Waals surface area contributed by atoms with Gasteiger partial charge in [-0.25, -0.2) is 0 Å². The molecule has 2 heterocycles. The molecule has 0 unspecified atom stereocenters. The van der Waals surface area contributed by atoms with Gasteiger partial charge in [0, 0.05) is 34.8 Å². The first-order valence-corrected chi connectivity index (χ1v) is 9.09. The zero-order valence-corrected chi connectivity index (χ0v) is 14.4. The Morgan fingerprint density at radius 2 is 2.00 bits per heavy atom. The van der Waals surface area contributed by atoms with E-state index in [1.165, 1.54) is 54.0 Å². The number of thiophene rings is 1. The molecule has 1 aromatic rings. The van der Waals surface area contributed by atoms with Crippen LogP contribution in [-0.2, 0) is 13.0 Å². The fourth-order valence-corrected chi connectivity index (χ4v) is 5.36. The van der Waals surface area contributed by atoms with Crippen LogP contribution < -0.4 is 0 Å². The first-order valence-electron chi connectivity index (χ1n) is 8.27. The van der Waals surface area contributed by atoms with Crippen molar-refractivity contribution in [3.63, 3.8) is 0 Å². The quantitative estimate of drug-likeness (QED) is 0.795. The van der Waals surface area contributed by atoms with Gasteiger partial charge in [0.05, 0.1) is 5.56 Å². The standard InChI is InChI=1S/C18H26N2S/c1-13-15(10-19)16-12-20(11-14-7-5-4-6-8-14)18(2,3)9-17(16)21-13/h14H,4-9,11-12H2,1-3H3. The van der Waals surface area contributed by atoms with E-state index in [0.29, 0.717) is 0 Å². The highest BCUT2D eigenvalue weighted by Crippen LogP contribution is 2.39. The predicted molar refractivity (Wildman–Crippen MR) is 88.5 cm³/mol. The Balaban J connectivity index is 1.82. The molecule has 1 fully saturated rings. The Bertz CT molecular complexity index is 559. The van der Waals surface area contributed by atoms with Gasteiger partial charge in [0.25, 0.3) is 0 Å². The van der Waals surface area contributed by atoms with E-state index in [4.69, 9.17) is 0 Å². The second-order valence-electron chi connectivity index (χ2n) is 7.42. The Kier molecular flexibility index (Phi) is 4.12. The molecule has 21 heavy (non-hydrogen) atoms. The van der Waals surface area contributed by atoms with E-state index in [1.54, 1.807) is 0 Å². The van der Waals surface area contributed by atoms with Crippen molar-refractivity contribution < 1.29 is 0 Å². The van der Waals surface area contributed by atoms with Gasteiger partial charge in [0.2, 0.25) is 0 Å².